The first kappa shape index (κ1) is 27.3. The molecule has 5 fully saturated rings. The molecule has 0 bridgehead atoms. The number of halogens is 3. The van der Waals surface area contributed by atoms with Crippen molar-refractivity contribution in [1.82, 2.24) is 0 Å². The van der Waals surface area contributed by atoms with Crippen molar-refractivity contribution in [3.8, 4) is 0 Å². The molecule has 5 aliphatic carbocycles. The molecule has 208 valence electrons. The Morgan fingerprint density at radius 2 is 1.44 bits per heavy atom. The molecular formula is C31H51F3O2. The fourth-order valence-electron chi connectivity index (χ4n) is 10.8. The van der Waals surface area contributed by atoms with Gasteiger partial charge in [-0.25, -0.2) is 0 Å². The van der Waals surface area contributed by atoms with Crippen LogP contribution in [0.25, 0.3) is 0 Å². The largest absolute Gasteiger partial charge is 0.417 e. The molecule has 2 nitrogen and oxygen atoms in total. The van der Waals surface area contributed by atoms with Gasteiger partial charge in [-0.2, -0.15) is 13.2 Å². The summed E-state index contributed by atoms with van der Waals surface area (Å²) in [5.74, 6) is 3.13. The van der Waals surface area contributed by atoms with Gasteiger partial charge in [0.25, 0.3) is 0 Å². The fraction of sp³-hybridized carbons (Fsp3) is 1.00. The molecule has 0 aliphatic heterocycles. The average molecular weight is 513 g/mol. The number of hydrogen-bond donors (Lipinski definition) is 2. The molecule has 0 saturated heterocycles. The lowest BCUT2D eigenvalue weighted by Gasteiger charge is -2.62. The Morgan fingerprint density at radius 1 is 0.778 bits per heavy atom. The van der Waals surface area contributed by atoms with Gasteiger partial charge < -0.3 is 10.2 Å². The number of hydrogen-bond acceptors (Lipinski definition) is 2. The maximum Gasteiger partial charge on any atom is 0.417 e. The van der Waals surface area contributed by atoms with Gasteiger partial charge in [0.05, 0.1) is 5.60 Å². The van der Waals surface area contributed by atoms with Crippen LogP contribution >= 0.6 is 0 Å². The zero-order valence-electron chi connectivity index (χ0n) is 23.0. The number of alkyl halides is 3. The van der Waals surface area contributed by atoms with Crippen LogP contribution in [-0.4, -0.2) is 27.6 Å². The molecule has 0 radical (unpaired) electrons. The molecule has 5 saturated carbocycles. The van der Waals surface area contributed by atoms with Crippen LogP contribution < -0.4 is 0 Å². The van der Waals surface area contributed by atoms with Gasteiger partial charge in [-0.1, -0.05) is 46.5 Å². The first-order valence-corrected chi connectivity index (χ1v) is 15.3. The number of rotatable bonds is 4. The molecule has 5 aliphatic rings. The highest BCUT2D eigenvalue weighted by molar-refractivity contribution is 5.11. The van der Waals surface area contributed by atoms with E-state index in [-0.39, 0.29) is 24.2 Å². The smallest absolute Gasteiger partial charge is 0.390 e. The predicted molar refractivity (Wildman–Crippen MR) is 137 cm³/mol. The van der Waals surface area contributed by atoms with Crippen LogP contribution in [0.4, 0.5) is 13.2 Å². The molecule has 5 heteroatoms. The first-order chi connectivity index (χ1) is 16.8. The van der Waals surface area contributed by atoms with Gasteiger partial charge in [0.2, 0.25) is 0 Å². The molecule has 2 N–H and O–H groups in total. The Morgan fingerprint density at radius 3 is 2.11 bits per heavy atom. The van der Waals surface area contributed by atoms with Crippen molar-refractivity contribution in [3.63, 3.8) is 0 Å². The molecule has 0 aromatic carbocycles. The van der Waals surface area contributed by atoms with Crippen LogP contribution in [0.5, 0.6) is 0 Å². The van der Waals surface area contributed by atoms with Crippen molar-refractivity contribution < 1.29 is 23.4 Å². The summed E-state index contributed by atoms with van der Waals surface area (Å²) >= 11 is 0. The van der Waals surface area contributed by atoms with E-state index in [1.165, 1.54) is 32.1 Å². The highest BCUT2D eigenvalue weighted by Crippen LogP contribution is 2.69. The number of aliphatic hydroxyl groups is 2. The third kappa shape index (κ3) is 4.48. The van der Waals surface area contributed by atoms with Crippen molar-refractivity contribution in [3.05, 3.63) is 0 Å². The maximum atomic E-state index is 13.6. The van der Waals surface area contributed by atoms with Gasteiger partial charge in [-0.3, -0.25) is 0 Å². The second-order valence-electron chi connectivity index (χ2n) is 14.8. The fourth-order valence-corrected chi connectivity index (χ4v) is 10.8. The van der Waals surface area contributed by atoms with Crippen LogP contribution in [0.15, 0.2) is 0 Å². The molecule has 0 aromatic heterocycles. The zero-order valence-corrected chi connectivity index (χ0v) is 23.0. The van der Waals surface area contributed by atoms with E-state index in [1.807, 2.05) is 0 Å². The van der Waals surface area contributed by atoms with Crippen LogP contribution in [0.3, 0.4) is 0 Å². The normalized spacial score (nSPS) is 47.8. The Labute approximate surface area is 217 Å². The van der Waals surface area contributed by atoms with E-state index in [1.54, 1.807) is 0 Å². The second kappa shape index (κ2) is 9.42. The van der Waals surface area contributed by atoms with Gasteiger partial charge in [-0.15, -0.1) is 0 Å². The summed E-state index contributed by atoms with van der Waals surface area (Å²) < 4.78 is 40.9. The summed E-state index contributed by atoms with van der Waals surface area (Å²) in [6, 6.07) is 0. The minimum absolute atomic E-state index is 0.0140. The van der Waals surface area contributed by atoms with E-state index >= 15 is 0 Å². The topological polar surface area (TPSA) is 40.5 Å². The highest BCUT2D eigenvalue weighted by atomic mass is 19.4. The molecule has 0 amide bonds. The van der Waals surface area contributed by atoms with Gasteiger partial charge in [0.15, 0.2) is 5.60 Å². The first-order valence-electron chi connectivity index (χ1n) is 15.3. The van der Waals surface area contributed by atoms with Crippen molar-refractivity contribution in [2.24, 2.45) is 46.3 Å². The van der Waals surface area contributed by atoms with E-state index in [0.29, 0.717) is 41.4 Å². The molecule has 0 aromatic rings. The third-order valence-electron chi connectivity index (χ3n) is 13.1. The lowest BCUT2D eigenvalue weighted by atomic mass is 9.43. The SMILES string of the molecule is C[C@H](CCC1(O)CCCCCC1)[C@H]1CC[C@H]2[C@@H]3CC[C@H]4C[C@](O)(C(F)(F)F)CC[C@]4(C)[C@H]3CC[C@]12C. The minimum atomic E-state index is -4.52. The summed E-state index contributed by atoms with van der Waals surface area (Å²) in [5, 5.41) is 21.7. The Hall–Kier alpha value is -0.290. The molecule has 36 heavy (non-hydrogen) atoms. The summed E-state index contributed by atoms with van der Waals surface area (Å²) in [6.45, 7) is 7.25. The minimum Gasteiger partial charge on any atom is -0.390 e. The Kier molecular flexibility index (Phi) is 7.14. The monoisotopic (exact) mass is 512 g/mol. The van der Waals surface area contributed by atoms with Gasteiger partial charge >= 0.3 is 6.18 Å². The van der Waals surface area contributed by atoms with E-state index < -0.39 is 17.4 Å². The van der Waals surface area contributed by atoms with E-state index in [0.717, 1.165) is 57.8 Å². The van der Waals surface area contributed by atoms with Crippen molar-refractivity contribution in [2.75, 3.05) is 0 Å². The molecule has 9 atom stereocenters. The Bertz CT molecular complexity index is 789. The standard InChI is InChI=1S/C31H51F3O2/c1-21(12-17-29(35)14-6-4-5-7-15-29)24-10-11-25-23-9-8-22-20-30(36,31(32,33)34)19-18-27(22,2)26(23)13-16-28(24,25)3/h21-26,35-36H,4-20H2,1-3H3/t21-,22+,23+,24-,25+,26+,27+,28-,30+/m1/s1. The molecule has 5 rings (SSSR count). The van der Waals surface area contributed by atoms with Crippen molar-refractivity contribution >= 4 is 0 Å². The van der Waals surface area contributed by atoms with Crippen LogP contribution in [0.1, 0.15) is 130 Å². The predicted octanol–water partition coefficient (Wildman–Crippen LogP) is 8.44. The highest BCUT2D eigenvalue weighted by Gasteiger charge is 2.65. The van der Waals surface area contributed by atoms with Crippen LogP contribution in [0, 0.1) is 46.3 Å². The molecule has 0 spiro atoms. The van der Waals surface area contributed by atoms with Crippen LogP contribution in [-0.2, 0) is 0 Å². The summed E-state index contributed by atoms with van der Waals surface area (Å²) in [7, 11) is 0. The van der Waals surface area contributed by atoms with E-state index in [4.69, 9.17) is 0 Å². The van der Waals surface area contributed by atoms with Gasteiger partial charge in [0, 0.05) is 0 Å². The quantitative estimate of drug-likeness (QED) is 0.371. The molecule has 0 unspecified atom stereocenters. The Balaban J connectivity index is 1.26. The van der Waals surface area contributed by atoms with Gasteiger partial charge in [0.1, 0.15) is 0 Å². The lowest BCUT2D eigenvalue weighted by Crippen LogP contribution is -2.59. The summed E-state index contributed by atoms with van der Waals surface area (Å²) in [4.78, 5) is 0. The summed E-state index contributed by atoms with van der Waals surface area (Å²) in [6.07, 6.45) is 11.4. The van der Waals surface area contributed by atoms with Crippen molar-refractivity contribution in [2.45, 2.75) is 147 Å². The van der Waals surface area contributed by atoms with E-state index in [2.05, 4.69) is 20.8 Å². The molecule has 0 heterocycles. The molecular weight excluding hydrogens is 461 g/mol. The average Bonchev–Trinajstić information content (AvgIpc) is 3.02. The van der Waals surface area contributed by atoms with E-state index in [9.17, 15) is 23.4 Å². The summed E-state index contributed by atoms with van der Waals surface area (Å²) in [5.41, 5.74) is -2.67. The van der Waals surface area contributed by atoms with Crippen LogP contribution in [0.2, 0.25) is 0 Å². The lowest BCUT2D eigenvalue weighted by molar-refractivity contribution is -0.290. The maximum absolute atomic E-state index is 13.6. The van der Waals surface area contributed by atoms with Gasteiger partial charge in [-0.05, 0) is 130 Å². The number of fused-ring (bicyclic) bond motifs is 5. The second-order valence-corrected chi connectivity index (χ2v) is 14.8. The third-order valence-corrected chi connectivity index (χ3v) is 13.1. The zero-order chi connectivity index (χ0) is 26.0. The van der Waals surface area contributed by atoms with Crippen molar-refractivity contribution in [1.29, 1.82) is 0 Å².